The minimum absolute atomic E-state index is 0.270. The highest BCUT2D eigenvalue weighted by Crippen LogP contribution is 2.13. The summed E-state index contributed by atoms with van der Waals surface area (Å²) in [5, 5.41) is 18.0. The normalized spacial score (nSPS) is 11.8. The van der Waals surface area contributed by atoms with E-state index in [1.165, 1.54) is 96.4 Å². The Bertz CT molecular complexity index is 280. The number of hydrogen-bond acceptors (Lipinski definition) is 4. The Hall–Kier alpha value is -0.160. The van der Waals surface area contributed by atoms with Gasteiger partial charge < -0.3 is 20.0 Å². The van der Waals surface area contributed by atoms with Gasteiger partial charge in [-0.3, -0.25) is 0 Å². The molecule has 0 saturated carbocycles. The van der Waals surface area contributed by atoms with Crippen LogP contribution in [0.15, 0.2) is 0 Å². The lowest BCUT2D eigenvalue weighted by molar-refractivity contribution is 0.199. The van der Waals surface area contributed by atoms with E-state index in [0.717, 1.165) is 32.5 Å². The molecule has 170 valence electrons. The summed E-state index contributed by atoms with van der Waals surface area (Å²) >= 11 is 0. The lowest BCUT2D eigenvalue weighted by Crippen LogP contribution is -2.28. The van der Waals surface area contributed by atoms with Gasteiger partial charge in [-0.1, -0.05) is 77.0 Å². The molecule has 0 radical (unpaired) electrons. The summed E-state index contributed by atoms with van der Waals surface area (Å²) in [4.78, 5) is 4.68. The molecule has 0 saturated heterocycles. The molecule has 2 N–H and O–H groups in total. The van der Waals surface area contributed by atoms with E-state index < -0.39 is 0 Å². The van der Waals surface area contributed by atoms with Gasteiger partial charge in [-0.15, -0.1) is 0 Å². The van der Waals surface area contributed by atoms with Crippen LogP contribution in [0.5, 0.6) is 0 Å². The number of nitrogens with zero attached hydrogens (tertiary/aromatic N) is 2. The van der Waals surface area contributed by atoms with Gasteiger partial charge in [0.05, 0.1) is 0 Å². The van der Waals surface area contributed by atoms with Crippen molar-refractivity contribution in [1.29, 1.82) is 0 Å². The predicted octanol–water partition coefficient (Wildman–Crippen LogP) is 5.08. The maximum absolute atomic E-state index is 8.98. The van der Waals surface area contributed by atoms with Gasteiger partial charge in [0, 0.05) is 26.3 Å². The SMILES string of the molecule is CN(C)CCCCCCCCCCCCCCCCN(CCCO)CCCO. The van der Waals surface area contributed by atoms with Crippen molar-refractivity contribution in [2.45, 2.75) is 103 Å². The number of aliphatic hydroxyl groups excluding tert-OH is 2. The fraction of sp³-hybridized carbons (Fsp3) is 1.00. The van der Waals surface area contributed by atoms with E-state index in [1.54, 1.807) is 0 Å². The van der Waals surface area contributed by atoms with E-state index >= 15 is 0 Å². The topological polar surface area (TPSA) is 46.9 Å². The predicted molar refractivity (Wildman–Crippen MR) is 123 cm³/mol. The molecular weight excluding hydrogens is 348 g/mol. The lowest BCUT2D eigenvalue weighted by Gasteiger charge is -2.21. The van der Waals surface area contributed by atoms with Gasteiger partial charge in [-0.05, 0) is 52.9 Å². The standard InChI is InChI=1S/C24H52N2O2/c1-25(2)19-15-13-11-9-7-5-3-4-6-8-10-12-14-16-20-26(21-17-23-27)22-18-24-28/h27-28H,3-24H2,1-2H3. The van der Waals surface area contributed by atoms with E-state index in [-0.39, 0.29) is 13.2 Å². The van der Waals surface area contributed by atoms with Crippen LogP contribution >= 0.6 is 0 Å². The highest BCUT2D eigenvalue weighted by atomic mass is 16.3. The van der Waals surface area contributed by atoms with Gasteiger partial charge >= 0.3 is 0 Å². The van der Waals surface area contributed by atoms with Crippen molar-refractivity contribution in [2.75, 3.05) is 53.5 Å². The molecule has 0 aliphatic heterocycles. The minimum Gasteiger partial charge on any atom is -0.396 e. The summed E-state index contributed by atoms with van der Waals surface area (Å²) in [5.74, 6) is 0. The van der Waals surface area contributed by atoms with Gasteiger partial charge in [0.1, 0.15) is 0 Å². The summed E-state index contributed by atoms with van der Waals surface area (Å²) in [6.45, 7) is 4.83. The van der Waals surface area contributed by atoms with Crippen LogP contribution in [0.4, 0.5) is 0 Å². The summed E-state index contributed by atoms with van der Waals surface area (Å²) in [6, 6.07) is 0. The van der Waals surface area contributed by atoms with Crippen LogP contribution in [0.1, 0.15) is 103 Å². The van der Waals surface area contributed by atoms with Crippen molar-refractivity contribution in [3.05, 3.63) is 0 Å². The highest BCUT2D eigenvalue weighted by Gasteiger charge is 2.03. The molecule has 0 fully saturated rings. The molecule has 0 rings (SSSR count). The summed E-state index contributed by atoms with van der Waals surface area (Å²) < 4.78 is 0. The molecule has 28 heavy (non-hydrogen) atoms. The first-order chi connectivity index (χ1) is 13.7. The summed E-state index contributed by atoms with van der Waals surface area (Å²) in [6.07, 6.45) is 21.2. The molecule has 0 heterocycles. The third kappa shape index (κ3) is 22.1. The fourth-order valence-electron chi connectivity index (χ4n) is 3.81. The Morgan fingerprint density at radius 1 is 0.393 bits per heavy atom. The second-order valence-corrected chi connectivity index (χ2v) is 8.75. The molecule has 0 aliphatic carbocycles. The van der Waals surface area contributed by atoms with Crippen LogP contribution < -0.4 is 0 Å². The van der Waals surface area contributed by atoms with Gasteiger partial charge in [0.25, 0.3) is 0 Å². The van der Waals surface area contributed by atoms with Crippen LogP contribution in [0.2, 0.25) is 0 Å². The zero-order valence-corrected chi connectivity index (χ0v) is 19.3. The zero-order chi connectivity index (χ0) is 20.7. The molecule has 0 unspecified atom stereocenters. The molecule has 0 amide bonds. The van der Waals surface area contributed by atoms with Gasteiger partial charge in [-0.2, -0.15) is 0 Å². The van der Waals surface area contributed by atoms with Crippen LogP contribution in [-0.2, 0) is 0 Å². The van der Waals surface area contributed by atoms with Gasteiger partial charge in [0.2, 0.25) is 0 Å². The Kier molecular flexibility index (Phi) is 23.0. The molecule has 0 atom stereocenters. The molecule has 0 aliphatic rings. The first-order valence-corrected chi connectivity index (χ1v) is 12.3. The van der Waals surface area contributed by atoms with Crippen molar-refractivity contribution in [3.8, 4) is 0 Å². The number of hydrogen-bond donors (Lipinski definition) is 2. The highest BCUT2D eigenvalue weighted by molar-refractivity contribution is 4.59. The Labute approximate surface area is 176 Å². The van der Waals surface area contributed by atoms with Crippen LogP contribution in [0, 0.1) is 0 Å². The number of unbranched alkanes of at least 4 members (excludes halogenated alkanes) is 13. The van der Waals surface area contributed by atoms with E-state index in [1.807, 2.05) is 0 Å². The number of aliphatic hydroxyl groups is 2. The zero-order valence-electron chi connectivity index (χ0n) is 19.3. The minimum atomic E-state index is 0.270. The third-order valence-electron chi connectivity index (χ3n) is 5.59. The molecular formula is C24H52N2O2. The molecule has 0 aromatic carbocycles. The molecule has 0 aromatic rings. The monoisotopic (exact) mass is 400 g/mol. The summed E-state index contributed by atoms with van der Waals surface area (Å²) in [7, 11) is 4.32. The fourth-order valence-corrected chi connectivity index (χ4v) is 3.81. The lowest BCUT2D eigenvalue weighted by atomic mass is 10.0. The third-order valence-corrected chi connectivity index (χ3v) is 5.59. The molecule has 0 bridgehead atoms. The van der Waals surface area contributed by atoms with Crippen molar-refractivity contribution >= 4 is 0 Å². The van der Waals surface area contributed by atoms with Crippen molar-refractivity contribution < 1.29 is 10.2 Å². The average molecular weight is 401 g/mol. The Morgan fingerprint density at radius 2 is 0.679 bits per heavy atom. The Balaban J connectivity index is 3.25. The Morgan fingerprint density at radius 3 is 1.00 bits per heavy atom. The van der Waals surface area contributed by atoms with Gasteiger partial charge in [0.15, 0.2) is 0 Å². The van der Waals surface area contributed by atoms with E-state index in [4.69, 9.17) is 10.2 Å². The van der Waals surface area contributed by atoms with E-state index in [9.17, 15) is 0 Å². The van der Waals surface area contributed by atoms with Gasteiger partial charge in [-0.25, -0.2) is 0 Å². The van der Waals surface area contributed by atoms with E-state index in [2.05, 4.69) is 23.9 Å². The maximum Gasteiger partial charge on any atom is 0.0443 e. The van der Waals surface area contributed by atoms with Crippen LogP contribution in [0.25, 0.3) is 0 Å². The average Bonchev–Trinajstić information content (AvgIpc) is 2.68. The second kappa shape index (κ2) is 23.1. The maximum atomic E-state index is 8.98. The smallest absolute Gasteiger partial charge is 0.0443 e. The van der Waals surface area contributed by atoms with Crippen molar-refractivity contribution in [1.82, 2.24) is 9.80 Å². The first-order valence-electron chi connectivity index (χ1n) is 12.3. The molecule has 0 aromatic heterocycles. The molecule has 0 spiro atoms. The molecule has 4 nitrogen and oxygen atoms in total. The summed E-state index contributed by atoms with van der Waals surface area (Å²) in [5.41, 5.74) is 0. The van der Waals surface area contributed by atoms with Crippen LogP contribution in [0.3, 0.4) is 0 Å². The van der Waals surface area contributed by atoms with Crippen LogP contribution in [-0.4, -0.2) is 73.5 Å². The van der Waals surface area contributed by atoms with Crippen molar-refractivity contribution in [3.63, 3.8) is 0 Å². The first kappa shape index (κ1) is 27.8. The quantitative estimate of drug-likeness (QED) is 0.235. The number of rotatable bonds is 23. The largest absolute Gasteiger partial charge is 0.396 e. The van der Waals surface area contributed by atoms with Crippen molar-refractivity contribution in [2.24, 2.45) is 0 Å². The molecule has 4 heteroatoms. The van der Waals surface area contributed by atoms with E-state index in [0.29, 0.717) is 0 Å². The second-order valence-electron chi connectivity index (χ2n) is 8.75.